The molecule has 0 aliphatic rings. The van der Waals surface area contributed by atoms with Gasteiger partial charge in [0.1, 0.15) is 18.2 Å². The fraction of sp³-hybridized carbons (Fsp3) is 0.500. The number of hydrogen-bond donors (Lipinski definition) is 1. The average molecular weight is 306 g/mol. The lowest BCUT2D eigenvalue weighted by molar-refractivity contribution is 0.193. The Morgan fingerprint density at radius 2 is 2.12 bits per heavy atom. The van der Waals surface area contributed by atoms with Crippen LogP contribution in [0.3, 0.4) is 0 Å². The SMILES string of the molecule is COCCCNCCOc1ccc(F)c(Br)c1. The molecule has 0 aliphatic heterocycles. The molecule has 0 heterocycles. The van der Waals surface area contributed by atoms with Gasteiger partial charge in [0.25, 0.3) is 0 Å². The van der Waals surface area contributed by atoms with Crippen molar-refractivity contribution >= 4 is 15.9 Å². The molecule has 0 spiro atoms. The molecule has 0 aliphatic carbocycles. The maximum Gasteiger partial charge on any atom is 0.137 e. The van der Waals surface area contributed by atoms with E-state index in [0.29, 0.717) is 16.8 Å². The van der Waals surface area contributed by atoms with Crippen LogP contribution in [-0.4, -0.2) is 33.4 Å². The summed E-state index contributed by atoms with van der Waals surface area (Å²) in [6.45, 7) is 2.99. The number of nitrogens with one attached hydrogen (secondary N) is 1. The Morgan fingerprint density at radius 3 is 2.82 bits per heavy atom. The number of rotatable bonds is 8. The van der Waals surface area contributed by atoms with Crippen LogP contribution in [0.25, 0.3) is 0 Å². The van der Waals surface area contributed by atoms with Gasteiger partial charge in [0.15, 0.2) is 0 Å². The Kier molecular flexibility index (Phi) is 7.16. The molecule has 0 bridgehead atoms. The van der Waals surface area contributed by atoms with Gasteiger partial charge in [0.05, 0.1) is 4.47 Å². The van der Waals surface area contributed by atoms with Gasteiger partial charge in [-0.25, -0.2) is 4.39 Å². The Balaban J connectivity index is 2.11. The van der Waals surface area contributed by atoms with Gasteiger partial charge in [-0.3, -0.25) is 0 Å². The Hall–Kier alpha value is -0.650. The zero-order valence-electron chi connectivity index (χ0n) is 9.84. The van der Waals surface area contributed by atoms with E-state index in [4.69, 9.17) is 9.47 Å². The quantitative estimate of drug-likeness (QED) is 0.749. The second kappa shape index (κ2) is 8.44. The summed E-state index contributed by atoms with van der Waals surface area (Å²) in [6, 6.07) is 4.62. The van der Waals surface area contributed by atoms with E-state index < -0.39 is 0 Å². The summed E-state index contributed by atoms with van der Waals surface area (Å²) in [6.07, 6.45) is 0.985. The first kappa shape index (κ1) is 14.4. The van der Waals surface area contributed by atoms with Gasteiger partial charge in [-0.1, -0.05) is 0 Å². The third-order valence-electron chi connectivity index (χ3n) is 2.14. The van der Waals surface area contributed by atoms with Gasteiger partial charge in [-0.15, -0.1) is 0 Å². The van der Waals surface area contributed by atoms with Gasteiger partial charge in [0.2, 0.25) is 0 Å². The summed E-state index contributed by atoms with van der Waals surface area (Å²) in [7, 11) is 1.69. The van der Waals surface area contributed by atoms with Crippen LogP contribution in [0.1, 0.15) is 6.42 Å². The number of ether oxygens (including phenoxy) is 2. The second-order valence-corrected chi connectivity index (χ2v) is 4.38. The van der Waals surface area contributed by atoms with Crippen molar-refractivity contribution in [2.45, 2.75) is 6.42 Å². The normalized spacial score (nSPS) is 10.5. The highest BCUT2D eigenvalue weighted by atomic mass is 79.9. The largest absolute Gasteiger partial charge is 0.492 e. The molecule has 17 heavy (non-hydrogen) atoms. The summed E-state index contributed by atoms with van der Waals surface area (Å²) in [5.74, 6) is 0.381. The van der Waals surface area contributed by atoms with Gasteiger partial charge < -0.3 is 14.8 Å². The molecule has 0 atom stereocenters. The molecule has 1 aromatic rings. The van der Waals surface area contributed by atoms with Crippen molar-refractivity contribution in [3.05, 3.63) is 28.5 Å². The first-order chi connectivity index (χ1) is 8.24. The molecule has 3 nitrogen and oxygen atoms in total. The standard InChI is InChI=1S/C12H17BrFNO2/c1-16-7-2-5-15-6-8-17-10-3-4-12(14)11(13)9-10/h3-4,9,15H,2,5-8H2,1H3. The van der Waals surface area contributed by atoms with E-state index in [0.717, 1.165) is 26.1 Å². The highest BCUT2D eigenvalue weighted by molar-refractivity contribution is 9.10. The van der Waals surface area contributed by atoms with Crippen molar-refractivity contribution < 1.29 is 13.9 Å². The summed E-state index contributed by atoms with van der Waals surface area (Å²) >= 11 is 3.11. The second-order valence-electron chi connectivity index (χ2n) is 3.52. The average Bonchev–Trinajstić information content (AvgIpc) is 2.32. The molecule has 0 radical (unpaired) electrons. The Bertz CT molecular complexity index is 336. The van der Waals surface area contributed by atoms with Crippen LogP contribution < -0.4 is 10.1 Å². The number of benzene rings is 1. The number of methoxy groups -OCH3 is 1. The van der Waals surface area contributed by atoms with E-state index in [1.54, 1.807) is 19.2 Å². The van der Waals surface area contributed by atoms with Crippen LogP contribution in [0.2, 0.25) is 0 Å². The zero-order valence-corrected chi connectivity index (χ0v) is 11.4. The van der Waals surface area contributed by atoms with Gasteiger partial charge >= 0.3 is 0 Å². The summed E-state index contributed by atoms with van der Waals surface area (Å²) in [4.78, 5) is 0. The molecule has 0 fully saturated rings. The van der Waals surface area contributed by atoms with E-state index in [1.807, 2.05) is 0 Å². The molecular formula is C12H17BrFNO2. The van der Waals surface area contributed by atoms with E-state index in [2.05, 4.69) is 21.2 Å². The highest BCUT2D eigenvalue weighted by Gasteiger charge is 2.00. The van der Waals surface area contributed by atoms with E-state index in [1.165, 1.54) is 6.07 Å². The predicted octanol–water partition coefficient (Wildman–Crippen LogP) is 2.59. The smallest absolute Gasteiger partial charge is 0.137 e. The maximum absolute atomic E-state index is 12.9. The lowest BCUT2D eigenvalue weighted by Crippen LogP contribution is -2.22. The molecule has 0 aromatic heterocycles. The Morgan fingerprint density at radius 1 is 1.29 bits per heavy atom. The summed E-state index contributed by atoms with van der Waals surface area (Å²) in [5.41, 5.74) is 0. The number of hydrogen-bond acceptors (Lipinski definition) is 3. The van der Waals surface area contributed by atoms with Crippen LogP contribution in [-0.2, 0) is 4.74 Å². The van der Waals surface area contributed by atoms with Crippen LogP contribution >= 0.6 is 15.9 Å². The third-order valence-corrected chi connectivity index (χ3v) is 2.75. The lowest BCUT2D eigenvalue weighted by Gasteiger charge is -2.08. The molecule has 1 rings (SSSR count). The van der Waals surface area contributed by atoms with Crippen LogP contribution in [0, 0.1) is 5.82 Å². The maximum atomic E-state index is 12.9. The molecule has 96 valence electrons. The number of halogens is 2. The molecule has 0 amide bonds. The van der Waals surface area contributed by atoms with E-state index in [-0.39, 0.29) is 5.82 Å². The minimum atomic E-state index is -0.282. The monoisotopic (exact) mass is 305 g/mol. The molecule has 1 N–H and O–H groups in total. The molecule has 0 saturated carbocycles. The molecule has 1 aromatic carbocycles. The topological polar surface area (TPSA) is 30.5 Å². The molecule has 0 saturated heterocycles. The fourth-order valence-electron chi connectivity index (χ4n) is 1.27. The Labute approximate surface area is 109 Å². The van der Waals surface area contributed by atoms with Crippen molar-refractivity contribution in [1.82, 2.24) is 5.32 Å². The highest BCUT2D eigenvalue weighted by Crippen LogP contribution is 2.21. The molecule has 5 heteroatoms. The van der Waals surface area contributed by atoms with Crippen LogP contribution in [0.15, 0.2) is 22.7 Å². The van der Waals surface area contributed by atoms with Crippen molar-refractivity contribution in [3.63, 3.8) is 0 Å². The first-order valence-electron chi connectivity index (χ1n) is 5.51. The predicted molar refractivity (Wildman–Crippen MR) is 69.0 cm³/mol. The van der Waals surface area contributed by atoms with Crippen molar-refractivity contribution in [2.24, 2.45) is 0 Å². The van der Waals surface area contributed by atoms with Gasteiger partial charge in [-0.2, -0.15) is 0 Å². The first-order valence-corrected chi connectivity index (χ1v) is 6.31. The van der Waals surface area contributed by atoms with Gasteiger partial charge in [0, 0.05) is 20.3 Å². The van der Waals surface area contributed by atoms with E-state index in [9.17, 15) is 4.39 Å². The summed E-state index contributed by atoms with van der Waals surface area (Å²) in [5, 5.41) is 3.23. The van der Waals surface area contributed by atoms with Crippen LogP contribution in [0.4, 0.5) is 4.39 Å². The zero-order chi connectivity index (χ0) is 12.5. The van der Waals surface area contributed by atoms with Crippen LogP contribution in [0.5, 0.6) is 5.75 Å². The van der Waals surface area contributed by atoms with Crippen molar-refractivity contribution in [2.75, 3.05) is 33.4 Å². The molecule has 0 unspecified atom stereocenters. The third kappa shape index (κ3) is 6.00. The summed E-state index contributed by atoms with van der Waals surface area (Å²) < 4.78 is 23.7. The molecular weight excluding hydrogens is 289 g/mol. The fourth-order valence-corrected chi connectivity index (χ4v) is 1.63. The van der Waals surface area contributed by atoms with Crippen molar-refractivity contribution in [3.8, 4) is 5.75 Å². The van der Waals surface area contributed by atoms with E-state index >= 15 is 0 Å². The van der Waals surface area contributed by atoms with Gasteiger partial charge in [-0.05, 0) is 47.1 Å². The lowest BCUT2D eigenvalue weighted by atomic mass is 10.3. The minimum Gasteiger partial charge on any atom is -0.492 e. The van der Waals surface area contributed by atoms with Crippen molar-refractivity contribution in [1.29, 1.82) is 0 Å². The minimum absolute atomic E-state index is 0.282.